The molecule has 0 heterocycles. The summed E-state index contributed by atoms with van der Waals surface area (Å²) < 4.78 is 17.7. The molecule has 1 atom stereocenters. The molecule has 5 nitrogen and oxygen atoms in total. The van der Waals surface area contributed by atoms with Gasteiger partial charge in [-0.25, -0.2) is 10.2 Å². The van der Waals surface area contributed by atoms with E-state index in [2.05, 4.69) is 0 Å². The summed E-state index contributed by atoms with van der Waals surface area (Å²) in [6.45, 7) is 6.35. The van der Waals surface area contributed by atoms with Crippen molar-refractivity contribution in [2.75, 3.05) is 32.0 Å². The topological polar surface area (TPSA) is 72.6 Å². The number of nitrogens with two attached hydrogens (primary N) is 1. The van der Waals surface area contributed by atoms with Crippen LogP contribution >= 0.6 is 30.9 Å². The minimum atomic E-state index is -3.24. The van der Waals surface area contributed by atoms with Crippen LogP contribution in [0.25, 0.3) is 0 Å². The lowest BCUT2D eigenvalue weighted by molar-refractivity contribution is -0.108. The van der Waals surface area contributed by atoms with Gasteiger partial charge in [-0.1, -0.05) is 20.8 Å². The zero-order valence-electron chi connectivity index (χ0n) is 11.6. The normalized spacial score (nSPS) is 12.7. The van der Waals surface area contributed by atoms with Crippen molar-refractivity contribution in [2.24, 2.45) is 5.50 Å². The molecule has 0 fully saturated rings. The number of rotatable bonds is 7. The van der Waals surface area contributed by atoms with Gasteiger partial charge in [0.25, 0.3) is 0 Å². The van der Waals surface area contributed by atoms with E-state index in [1.54, 1.807) is 7.05 Å². The van der Waals surface area contributed by atoms with Crippen LogP contribution in [0.15, 0.2) is 0 Å². The molecule has 0 saturated carbocycles. The fraction of sp³-hybridized carbons (Fsp3) is 0.900. The van der Waals surface area contributed by atoms with Crippen LogP contribution in [0, 0.1) is 0 Å². The van der Waals surface area contributed by atoms with Crippen molar-refractivity contribution in [3.63, 3.8) is 0 Å². The van der Waals surface area contributed by atoms with Crippen LogP contribution < -0.4 is 5.50 Å². The van der Waals surface area contributed by atoms with E-state index in [0.29, 0.717) is 18.7 Å². The molecule has 18 heavy (non-hydrogen) atoms. The Labute approximate surface area is 121 Å². The van der Waals surface area contributed by atoms with Crippen LogP contribution in [-0.2, 0) is 13.9 Å². The lowest BCUT2D eigenvalue weighted by Gasteiger charge is -2.22. The SMILES string of the molecule is CC.CCCl.CN(CCCl)P(N)(=O)OCCC=O. The third-order valence-corrected chi connectivity index (χ3v) is 3.27. The zero-order chi connectivity index (χ0) is 15.0. The van der Waals surface area contributed by atoms with Crippen LogP contribution in [0.4, 0.5) is 0 Å². The Morgan fingerprint density at radius 3 is 2.17 bits per heavy atom. The van der Waals surface area contributed by atoms with Crippen LogP contribution in [0.1, 0.15) is 27.2 Å². The van der Waals surface area contributed by atoms with E-state index in [-0.39, 0.29) is 13.0 Å². The van der Waals surface area contributed by atoms with Gasteiger partial charge in [-0.05, 0) is 7.05 Å². The first-order chi connectivity index (χ1) is 8.46. The van der Waals surface area contributed by atoms with E-state index in [0.717, 1.165) is 5.88 Å². The van der Waals surface area contributed by atoms with Crippen molar-refractivity contribution in [1.29, 1.82) is 0 Å². The second kappa shape index (κ2) is 17.4. The lowest BCUT2D eigenvalue weighted by atomic mass is 10.5. The smallest absolute Gasteiger partial charge is 0.306 e. The largest absolute Gasteiger partial charge is 0.340 e. The third-order valence-electron chi connectivity index (χ3n) is 1.40. The van der Waals surface area contributed by atoms with E-state index in [1.807, 2.05) is 20.8 Å². The maximum absolute atomic E-state index is 11.5. The monoisotopic (exact) mass is 322 g/mol. The highest BCUT2D eigenvalue weighted by Gasteiger charge is 2.22. The summed E-state index contributed by atoms with van der Waals surface area (Å²) in [5.41, 5.74) is 5.37. The summed E-state index contributed by atoms with van der Waals surface area (Å²) >= 11 is 10.4. The average Bonchev–Trinajstić information content (AvgIpc) is 2.33. The van der Waals surface area contributed by atoms with E-state index >= 15 is 0 Å². The molecule has 0 aliphatic heterocycles. The molecule has 1 unspecified atom stereocenters. The number of alkyl halides is 2. The van der Waals surface area contributed by atoms with Gasteiger partial charge >= 0.3 is 7.67 Å². The van der Waals surface area contributed by atoms with Gasteiger partial charge in [0.05, 0.1) is 6.61 Å². The summed E-state index contributed by atoms with van der Waals surface area (Å²) in [6.07, 6.45) is 0.872. The Hall–Kier alpha value is 0.360. The van der Waals surface area contributed by atoms with Gasteiger partial charge in [0.1, 0.15) is 6.29 Å². The second-order valence-corrected chi connectivity index (χ2v) is 5.67. The summed E-state index contributed by atoms with van der Waals surface area (Å²) in [5.74, 6) is 1.05. The molecule has 2 N–H and O–H groups in total. The van der Waals surface area contributed by atoms with Crippen molar-refractivity contribution >= 4 is 37.2 Å². The Balaban J connectivity index is -0.000000389. The molecule has 0 bridgehead atoms. The van der Waals surface area contributed by atoms with Crippen LogP contribution in [0.3, 0.4) is 0 Å². The zero-order valence-corrected chi connectivity index (χ0v) is 14.0. The summed E-state index contributed by atoms with van der Waals surface area (Å²) in [7, 11) is -1.68. The predicted octanol–water partition coefficient (Wildman–Crippen LogP) is 3.10. The van der Waals surface area contributed by atoms with Gasteiger partial charge < -0.3 is 9.32 Å². The molecule has 112 valence electrons. The van der Waals surface area contributed by atoms with Crippen molar-refractivity contribution < 1.29 is 13.9 Å². The number of halogens is 2. The van der Waals surface area contributed by atoms with Gasteiger partial charge in [0.15, 0.2) is 0 Å². The highest BCUT2D eigenvalue weighted by atomic mass is 35.5. The summed E-state index contributed by atoms with van der Waals surface area (Å²) in [6, 6.07) is 0. The number of aldehydes is 1. The van der Waals surface area contributed by atoms with Gasteiger partial charge in [0, 0.05) is 24.7 Å². The molecule has 0 spiro atoms. The van der Waals surface area contributed by atoms with E-state index < -0.39 is 7.67 Å². The number of nitrogens with zero attached hydrogens (tertiary/aromatic N) is 1. The van der Waals surface area contributed by atoms with Crippen LogP contribution in [0.5, 0.6) is 0 Å². The fourth-order valence-corrected chi connectivity index (χ4v) is 1.91. The quantitative estimate of drug-likeness (QED) is 0.337. The molecule has 0 aliphatic carbocycles. The molecule has 0 aliphatic rings. The van der Waals surface area contributed by atoms with Gasteiger partial charge in [-0.3, -0.25) is 4.57 Å². The Kier molecular flexibility index (Phi) is 22.6. The first-order valence-corrected chi connectivity index (χ1v) is 8.48. The number of carbonyl (C=O) groups is 1. The van der Waals surface area contributed by atoms with Crippen molar-refractivity contribution in [2.45, 2.75) is 27.2 Å². The maximum atomic E-state index is 11.5. The molecule has 0 radical (unpaired) electrons. The highest BCUT2D eigenvalue weighted by molar-refractivity contribution is 7.53. The van der Waals surface area contributed by atoms with Crippen molar-refractivity contribution in [3.8, 4) is 0 Å². The first-order valence-electron chi connectivity index (χ1n) is 5.76. The van der Waals surface area contributed by atoms with Crippen LogP contribution in [-0.4, -0.2) is 42.9 Å². The molecule has 0 aromatic carbocycles. The molecule has 0 amide bonds. The van der Waals surface area contributed by atoms with Gasteiger partial charge in [-0.2, -0.15) is 0 Å². The van der Waals surface area contributed by atoms with E-state index in [1.165, 1.54) is 4.67 Å². The molecular formula is C10H25Cl2N2O3P. The fourth-order valence-electron chi connectivity index (χ4n) is 0.592. The Morgan fingerprint density at radius 2 is 1.83 bits per heavy atom. The van der Waals surface area contributed by atoms with Gasteiger partial charge in [-0.15, -0.1) is 23.2 Å². The number of carbonyl (C=O) groups excluding carboxylic acids is 1. The summed E-state index contributed by atoms with van der Waals surface area (Å²) in [5, 5.41) is 0. The molecule has 0 aromatic rings. The third kappa shape index (κ3) is 16.4. The van der Waals surface area contributed by atoms with Crippen molar-refractivity contribution in [1.82, 2.24) is 4.67 Å². The van der Waals surface area contributed by atoms with Crippen molar-refractivity contribution in [3.05, 3.63) is 0 Å². The first kappa shape index (κ1) is 23.5. The Morgan fingerprint density at radius 1 is 1.39 bits per heavy atom. The second-order valence-electron chi connectivity index (χ2n) is 2.69. The van der Waals surface area contributed by atoms with Crippen LogP contribution in [0.2, 0.25) is 0 Å². The van der Waals surface area contributed by atoms with E-state index in [4.69, 9.17) is 33.2 Å². The average molecular weight is 323 g/mol. The van der Waals surface area contributed by atoms with Gasteiger partial charge in [0.2, 0.25) is 0 Å². The number of hydrogen-bond donors (Lipinski definition) is 1. The Bertz CT molecular complexity index is 221. The minimum absolute atomic E-state index is 0.0733. The molecule has 0 rings (SSSR count). The molecule has 8 heteroatoms. The molecule has 0 saturated heterocycles. The number of hydrogen-bond acceptors (Lipinski definition) is 3. The molecular weight excluding hydrogens is 298 g/mol. The maximum Gasteiger partial charge on any atom is 0.340 e. The molecule has 0 aromatic heterocycles. The lowest BCUT2D eigenvalue weighted by Crippen LogP contribution is -2.23. The minimum Gasteiger partial charge on any atom is -0.306 e. The standard InChI is InChI=1S/C6H14ClN2O3P.C2H5Cl.C2H6/c1-9(4-3-7)13(8,11)12-6-2-5-10;1-2-3;1-2/h5H,2-4,6H2,1H3,(H2,8,11);2H2,1H3;1-2H3. The van der Waals surface area contributed by atoms with E-state index in [9.17, 15) is 9.36 Å². The summed E-state index contributed by atoms with van der Waals surface area (Å²) in [4.78, 5) is 9.94. The predicted molar refractivity (Wildman–Crippen MR) is 79.5 cm³/mol. The highest BCUT2D eigenvalue weighted by Crippen LogP contribution is 2.40.